The molecule has 3 nitrogen and oxygen atoms in total. The number of hydrogen-bond donors (Lipinski definition) is 2. The van der Waals surface area contributed by atoms with E-state index in [1.165, 1.54) is 18.2 Å². The summed E-state index contributed by atoms with van der Waals surface area (Å²) in [5.74, 6) is -0.706. The van der Waals surface area contributed by atoms with E-state index in [1.54, 1.807) is 12.1 Å². The number of nitrogen functional groups attached to an aromatic ring is 1. The molecule has 0 fully saturated rings. The van der Waals surface area contributed by atoms with E-state index in [2.05, 4.69) is 5.32 Å². The van der Waals surface area contributed by atoms with Crippen LogP contribution >= 0.6 is 0 Å². The Morgan fingerprint density at radius 1 is 1.19 bits per heavy atom. The quantitative estimate of drug-likeness (QED) is 0.667. The van der Waals surface area contributed by atoms with Gasteiger partial charge in [-0.1, -0.05) is 24.3 Å². The van der Waals surface area contributed by atoms with Crippen molar-refractivity contribution < 1.29 is 9.18 Å². The SMILES string of the molecule is Cc1cccc(C)c1NC(=O)/C=C/c1ccc(F)c(N)c1. The molecule has 0 aliphatic rings. The molecular weight excluding hydrogens is 267 g/mol. The molecule has 0 spiro atoms. The van der Waals surface area contributed by atoms with Crippen molar-refractivity contribution in [3.8, 4) is 0 Å². The number of benzene rings is 2. The summed E-state index contributed by atoms with van der Waals surface area (Å²) in [5.41, 5.74) is 9.03. The summed E-state index contributed by atoms with van der Waals surface area (Å²) in [6.07, 6.45) is 3.00. The molecule has 1 amide bonds. The third kappa shape index (κ3) is 3.69. The van der Waals surface area contributed by atoms with Crippen molar-refractivity contribution in [2.24, 2.45) is 0 Å². The van der Waals surface area contributed by atoms with Crippen molar-refractivity contribution in [3.05, 3.63) is 65.0 Å². The molecular formula is C17H17FN2O. The van der Waals surface area contributed by atoms with E-state index in [-0.39, 0.29) is 11.6 Å². The largest absolute Gasteiger partial charge is 0.396 e. The second-order valence-electron chi connectivity index (χ2n) is 4.87. The van der Waals surface area contributed by atoms with Gasteiger partial charge in [-0.25, -0.2) is 4.39 Å². The summed E-state index contributed by atoms with van der Waals surface area (Å²) in [4.78, 5) is 11.9. The maximum Gasteiger partial charge on any atom is 0.248 e. The van der Waals surface area contributed by atoms with Gasteiger partial charge in [-0.05, 0) is 48.7 Å². The Bertz CT molecular complexity index is 688. The minimum absolute atomic E-state index is 0.0623. The van der Waals surface area contributed by atoms with E-state index < -0.39 is 5.82 Å². The molecule has 0 bridgehead atoms. The monoisotopic (exact) mass is 284 g/mol. The average Bonchev–Trinajstić information content (AvgIpc) is 2.44. The first-order valence-electron chi connectivity index (χ1n) is 6.57. The van der Waals surface area contributed by atoms with Gasteiger partial charge in [0.05, 0.1) is 5.69 Å². The van der Waals surface area contributed by atoms with Crippen LogP contribution in [0.25, 0.3) is 6.08 Å². The van der Waals surface area contributed by atoms with Crippen LogP contribution in [0.5, 0.6) is 0 Å². The van der Waals surface area contributed by atoms with Crippen LogP contribution < -0.4 is 11.1 Å². The number of nitrogens with two attached hydrogens (primary N) is 1. The van der Waals surface area contributed by atoms with Crippen molar-refractivity contribution >= 4 is 23.4 Å². The molecule has 0 saturated heterocycles. The van der Waals surface area contributed by atoms with E-state index in [9.17, 15) is 9.18 Å². The van der Waals surface area contributed by atoms with E-state index in [0.29, 0.717) is 5.56 Å². The first-order chi connectivity index (χ1) is 9.97. The second kappa shape index (κ2) is 6.22. The topological polar surface area (TPSA) is 55.1 Å². The minimum Gasteiger partial charge on any atom is -0.396 e. The first-order valence-corrected chi connectivity index (χ1v) is 6.57. The van der Waals surface area contributed by atoms with Crippen LogP contribution in [-0.4, -0.2) is 5.91 Å². The maximum absolute atomic E-state index is 13.0. The summed E-state index contributed by atoms with van der Waals surface area (Å²) in [7, 11) is 0. The Morgan fingerprint density at radius 3 is 2.48 bits per heavy atom. The molecule has 2 aromatic rings. The third-order valence-corrected chi connectivity index (χ3v) is 3.18. The van der Waals surface area contributed by atoms with Gasteiger partial charge in [0.25, 0.3) is 0 Å². The van der Waals surface area contributed by atoms with Crippen molar-refractivity contribution in [2.45, 2.75) is 13.8 Å². The minimum atomic E-state index is -0.466. The normalized spacial score (nSPS) is 10.8. The van der Waals surface area contributed by atoms with Crippen LogP contribution in [0.1, 0.15) is 16.7 Å². The smallest absolute Gasteiger partial charge is 0.248 e. The van der Waals surface area contributed by atoms with Crippen molar-refractivity contribution in [1.82, 2.24) is 0 Å². The molecule has 21 heavy (non-hydrogen) atoms. The predicted octanol–water partition coefficient (Wildman–Crippen LogP) is 3.68. The number of carbonyl (C=O) groups is 1. The Balaban J connectivity index is 2.11. The number of amides is 1. The average molecular weight is 284 g/mol. The molecule has 0 aliphatic heterocycles. The summed E-state index contributed by atoms with van der Waals surface area (Å²) in [6, 6.07) is 10.1. The van der Waals surface area contributed by atoms with Crippen molar-refractivity contribution in [3.63, 3.8) is 0 Å². The van der Waals surface area contributed by atoms with E-state index in [4.69, 9.17) is 5.73 Å². The molecule has 0 unspecified atom stereocenters. The Hall–Kier alpha value is -2.62. The molecule has 4 heteroatoms. The van der Waals surface area contributed by atoms with Gasteiger partial charge in [0.2, 0.25) is 5.91 Å². The number of rotatable bonds is 3. The summed E-state index contributed by atoms with van der Waals surface area (Å²) in [5, 5.41) is 2.84. The molecule has 0 aliphatic carbocycles. The molecule has 108 valence electrons. The molecule has 0 aromatic heterocycles. The molecule has 0 heterocycles. The molecule has 3 N–H and O–H groups in total. The number of nitrogens with one attached hydrogen (secondary N) is 1. The van der Waals surface area contributed by atoms with Crippen LogP contribution in [0, 0.1) is 19.7 Å². The molecule has 0 atom stereocenters. The highest BCUT2D eigenvalue weighted by atomic mass is 19.1. The number of para-hydroxylation sites is 1. The summed E-state index contributed by atoms with van der Waals surface area (Å²) < 4.78 is 13.0. The molecule has 0 saturated carbocycles. The van der Waals surface area contributed by atoms with Gasteiger partial charge in [0.1, 0.15) is 5.82 Å². The first kappa shape index (κ1) is 14.8. The van der Waals surface area contributed by atoms with Gasteiger partial charge in [0, 0.05) is 11.8 Å². The standard InChI is InChI=1S/C17H17FN2O/c1-11-4-3-5-12(2)17(11)20-16(21)9-7-13-6-8-14(18)15(19)10-13/h3-10H,19H2,1-2H3,(H,20,21)/b9-7+. The number of aryl methyl sites for hydroxylation is 2. The van der Waals surface area contributed by atoms with E-state index in [1.807, 2.05) is 32.0 Å². The fraction of sp³-hybridized carbons (Fsp3) is 0.118. The predicted molar refractivity (Wildman–Crippen MR) is 84.4 cm³/mol. The van der Waals surface area contributed by atoms with Crippen molar-refractivity contribution in [1.29, 1.82) is 0 Å². The van der Waals surface area contributed by atoms with Gasteiger partial charge >= 0.3 is 0 Å². The zero-order valence-electron chi connectivity index (χ0n) is 12.0. The number of carbonyl (C=O) groups excluding carboxylic acids is 1. The highest BCUT2D eigenvalue weighted by Crippen LogP contribution is 2.19. The third-order valence-electron chi connectivity index (χ3n) is 3.18. The van der Waals surface area contributed by atoms with Gasteiger partial charge in [-0.2, -0.15) is 0 Å². The van der Waals surface area contributed by atoms with E-state index in [0.717, 1.165) is 16.8 Å². The zero-order valence-corrected chi connectivity index (χ0v) is 12.0. The zero-order chi connectivity index (χ0) is 15.4. The highest BCUT2D eigenvalue weighted by Gasteiger charge is 2.04. The second-order valence-corrected chi connectivity index (χ2v) is 4.87. The molecule has 2 aromatic carbocycles. The number of hydrogen-bond acceptors (Lipinski definition) is 2. The van der Waals surface area contributed by atoms with Crippen LogP contribution in [0.4, 0.5) is 15.8 Å². The Labute approximate surface area is 123 Å². The van der Waals surface area contributed by atoms with Crippen LogP contribution in [0.15, 0.2) is 42.5 Å². The van der Waals surface area contributed by atoms with Gasteiger partial charge in [-0.3, -0.25) is 4.79 Å². The van der Waals surface area contributed by atoms with Crippen LogP contribution in [0.3, 0.4) is 0 Å². The van der Waals surface area contributed by atoms with Crippen molar-refractivity contribution in [2.75, 3.05) is 11.1 Å². The van der Waals surface area contributed by atoms with Gasteiger partial charge in [-0.15, -0.1) is 0 Å². The number of anilines is 2. The van der Waals surface area contributed by atoms with Gasteiger partial charge in [0.15, 0.2) is 0 Å². The summed E-state index contributed by atoms with van der Waals surface area (Å²) in [6.45, 7) is 3.87. The van der Waals surface area contributed by atoms with Crippen LogP contribution in [0.2, 0.25) is 0 Å². The number of halogens is 1. The molecule has 2 rings (SSSR count). The Kier molecular flexibility index (Phi) is 4.38. The van der Waals surface area contributed by atoms with E-state index >= 15 is 0 Å². The lowest BCUT2D eigenvalue weighted by Gasteiger charge is -2.09. The van der Waals surface area contributed by atoms with Gasteiger partial charge < -0.3 is 11.1 Å². The fourth-order valence-electron chi connectivity index (χ4n) is 2.01. The van der Waals surface area contributed by atoms with Crippen LogP contribution in [-0.2, 0) is 4.79 Å². The lowest BCUT2D eigenvalue weighted by molar-refractivity contribution is -0.111. The summed E-state index contributed by atoms with van der Waals surface area (Å²) >= 11 is 0. The lowest BCUT2D eigenvalue weighted by Crippen LogP contribution is -2.10. The molecule has 0 radical (unpaired) electrons. The lowest BCUT2D eigenvalue weighted by atomic mass is 10.1. The Morgan fingerprint density at radius 2 is 1.86 bits per heavy atom. The maximum atomic E-state index is 13.0. The highest BCUT2D eigenvalue weighted by molar-refractivity contribution is 6.02. The fourth-order valence-corrected chi connectivity index (χ4v) is 2.01.